The third kappa shape index (κ3) is 3.52. The average molecular weight is 235 g/mol. The zero-order chi connectivity index (χ0) is 12.9. The van der Waals surface area contributed by atoms with Crippen molar-refractivity contribution in [1.82, 2.24) is 0 Å². The Morgan fingerprint density at radius 2 is 1.75 bits per heavy atom. The Labute approximate surface area is 91.0 Å². The Bertz CT molecular complexity index is 375. The predicted molar refractivity (Wildman–Crippen MR) is 54.2 cm³/mol. The van der Waals surface area contributed by atoms with Gasteiger partial charge in [0.25, 0.3) is 5.69 Å². The van der Waals surface area contributed by atoms with Gasteiger partial charge in [-0.15, -0.1) is 0 Å². The Balaban J connectivity index is 0.00000106. The minimum absolute atomic E-state index is 0.211. The second-order valence-electron chi connectivity index (χ2n) is 2.76. The van der Waals surface area contributed by atoms with Crippen molar-refractivity contribution in [2.75, 3.05) is 0 Å². The molecule has 0 saturated heterocycles. The number of nitro benzene ring substituents is 1. The summed E-state index contributed by atoms with van der Waals surface area (Å²) < 4.78 is 36.4. The highest BCUT2D eigenvalue weighted by molar-refractivity contribution is 5.43. The quantitative estimate of drug-likeness (QED) is 0.546. The molecule has 0 saturated carbocycles. The van der Waals surface area contributed by atoms with Crippen molar-refractivity contribution >= 4 is 5.69 Å². The fourth-order valence-electron chi connectivity index (χ4n) is 0.982. The monoisotopic (exact) mass is 235 g/mol. The molecule has 0 unspecified atom stereocenters. The van der Waals surface area contributed by atoms with Gasteiger partial charge < -0.3 is 0 Å². The first-order chi connectivity index (χ1) is 7.32. The van der Waals surface area contributed by atoms with Crippen molar-refractivity contribution in [2.45, 2.75) is 26.9 Å². The Kier molecular flexibility index (Phi) is 4.94. The maximum absolute atomic E-state index is 12.1. The summed E-state index contributed by atoms with van der Waals surface area (Å²) >= 11 is 0. The number of hydrogen-bond donors (Lipinski definition) is 0. The lowest BCUT2D eigenvalue weighted by Crippen LogP contribution is -2.05. The molecule has 0 aliphatic rings. The van der Waals surface area contributed by atoms with Gasteiger partial charge in [0.05, 0.1) is 10.5 Å². The van der Waals surface area contributed by atoms with E-state index in [1.54, 1.807) is 0 Å². The van der Waals surface area contributed by atoms with Crippen LogP contribution in [-0.4, -0.2) is 4.92 Å². The van der Waals surface area contributed by atoms with E-state index in [9.17, 15) is 23.3 Å². The highest BCUT2D eigenvalue weighted by Gasteiger charge is 2.32. The number of nitrogens with zero attached hydrogens (tertiary/aromatic N) is 1. The van der Waals surface area contributed by atoms with Crippen LogP contribution in [0.5, 0.6) is 0 Å². The van der Waals surface area contributed by atoms with Crippen LogP contribution in [0.4, 0.5) is 18.9 Å². The van der Waals surface area contributed by atoms with E-state index in [2.05, 4.69) is 0 Å². The molecule has 1 aromatic carbocycles. The van der Waals surface area contributed by atoms with Crippen molar-refractivity contribution in [3.05, 3.63) is 39.4 Å². The van der Waals surface area contributed by atoms with Gasteiger partial charge in [0.2, 0.25) is 0 Å². The second kappa shape index (κ2) is 5.48. The maximum atomic E-state index is 12.1. The number of aryl methyl sites for hydroxylation is 1. The third-order valence-electron chi connectivity index (χ3n) is 1.73. The van der Waals surface area contributed by atoms with Crippen LogP contribution in [-0.2, 0) is 6.18 Å². The van der Waals surface area contributed by atoms with E-state index >= 15 is 0 Å². The van der Waals surface area contributed by atoms with Gasteiger partial charge in [-0.1, -0.05) is 19.9 Å². The van der Waals surface area contributed by atoms with Gasteiger partial charge in [-0.25, -0.2) is 0 Å². The fourth-order valence-corrected chi connectivity index (χ4v) is 0.982. The average Bonchev–Trinajstić information content (AvgIpc) is 2.19. The van der Waals surface area contributed by atoms with Crippen LogP contribution in [0.3, 0.4) is 0 Å². The molecule has 0 bridgehead atoms. The summed E-state index contributed by atoms with van der Waals surface area (Å²) in [6.45, 7) is 5.39. The van der Waals surface area contributed by atoms with Crippen molar-refractivity contribution in [2.24, 2.45) is 0 Å². The summed E-state index contributed by atoms with van der Waals surface area (Å²) in [5, 5.41) is 10.3. The Morgan fingerprint density at radius 1 is 1.25 bits per heavy atom. The van der Waals surface area contributed by atoms with Crippen molar-refractivity contribution in [1.29, 1.82) is 0 Å². The highest BCUT2D eigenvalue weighted by Crippen LogP contribution is 2.32. The number of nitro groups is 1. The highest BCUT2D eigenvalue weighted by atomic mass is 19.4. The number of hydrogen-bond acceptors (Lipinski definition) is 2. The van der Waals surface area contributed by atoms with Crippen LogP contribution in [0.1, 0.15) is 25.0 Å². The number of alkyl halides is 3. The van der Waals surface area contributed by atoms with Crippen molar-refractivity contribution in [3.8, 4) is 0 Å². The van der Waals surface area contributed by atoms with Gasteiger partial charge in [0, 0.05) is 11.6 Å². The molecule has 3 nitrogen and oxygen atoms in total. The topological polar surface area (TPSA) is 43.1 Å². The lowest BCUT2D eigenvalue weighted by molar-refractivity contribution is -0.385. The number of halogens is 3. The van der Waals surface area contributed by atoms with E-state index in [1.807, 2.05) is 13.8 Å². The van der Waals surface area contributed by atoms with Gasteiger partial charge in [0.1, 0.15) is 0 Å². The predicted octanol–water partition coefficient (Wildman–Crippen LogP) is 3.95. The first-order valence-electron chi connectivity index (χ1n) is 4.64. The van der Waals surface area contributed by atoms with E-state index in [0.717, 1.165) is 12.1 Å². The minimum atomic E-state index is -4.54. The standard InChI is InChI=1S/C8H6F3NO2.C2H6/c1-5-2-3-6(8(9,10)11)4-7(5)12(13)14;1-2/h2-4H,1H3;1-2H3. The molecule has 0 N–H and O–H groups in total. The molecular formula is C10H12F3NO2. The lowest BCUT2D eigenvalue weighted by atomic mass is 10.1. The van der Waals surface area contributed by atoms with Crippen LogP contribution in [0, 0.1) is 17.0 Å². The third-order valence-corrected chi connectivity index (χ3v) is 1.73. The zero-order valence-electron chi connectivity index (χ0n) is 9.13. The largest absolute Gasteiger partial charge is 0.416 e. The van der Waals surface area contributed by atoms with E-state index in [1.165, 1.54) is 6.92 Å². The molecule has 0 spiro atoms. The smallest absolute Gasteiger partial charge is 0.258 e. The Hall–Kier alpha value is -1.59. The number of rotatable bonds is 1. The van der Waals surface area contributed by atoms with Gasteiger partial charge in [-0.2, -0.15) is 13.2 Å². The summed E-state index contributed by atoms with van der Waals surface area (Å²) in [6, 6.07) is 2.44. The zero-order valence-corrected chi connectivity index (χ0v) is 9.13. The SMILES string of the molecule is CC.Cc1ccc(C(F)(F)F)cc1[N+](=O)[O-]. The van der Waals surface area contributed by atoms with Crippen LogP contribution in [0.2, 0.25) is 0 Å². The first kappa shape index (κ1) is 14.4. The summed E-state index contributed by atoms with van der Waals surface area (Å²) in [7, 11) is 0. The van der Waals surface area contributed by atoms with Crippen LogP contribution in [0.25, 0.3) is 0 Å². The van der Waals surface area contributed by atoms with E-state index < -0.39 is 22.4 Å². The summed E-state index contributed by atoms with van der Waals surface area (Å²) in [6.07, 6.45) is -4.54. The summed E-state index contributed by atoms with van der Waals surface area (Å²) in [5.41, 5.74) is -1.31. The molecule has 1 rings (SSSR count). The Morgan fingerprint density at radius 3 is 2.12 bits per heavy atom. The van der Waals surface area contributed by atoms with Gasteiger partial charge in [-0.3, -0.25) is 10.1 Å². The van der Waals surface area contributed by atoms with E-state index in [0.29, 0.717) is 6.07 Å². The van der Waals surface area contributed by atoms with E-state index in [-0.39, 0.29) is 5.56 Å². The molecular weight excluding hydrogens is 223 g/mol. The van der Waals surface area contributed by atoms with Crippen LogP contribution in [0.15, 0.2) is 18.2 Å². The van der Waals surface area contributed by atoms with Crippen LogP contribution >= 0.6 is 0 Å². The molecule has 0 heterocycles. The second-order valence-corrected chi connectivity index (χ2v) is 2.76. The van der Waals surface area contributed by atoms with E-state index in [4.69, 9.17) is 0 Å². The van der Waals surface area contributed by atoms with Crippen molar-refractivity contribution in [3.63, 3.8) is 0 Å². The van der Waals surface area contributed by atoms with Gasteiger partial charge in [0.15, 0.2) is 0 Å². The normalized spacial score (nSPS) is 10.4. The number of benzene rings is 1. The summed E-state index contributed by atoms with van der Waals surface area (Å²) in [4.78, 5) is 9.51. The molecule has 0 aliphatic carbocycles. The fraction of sp³-hybridized carbons (Fsp3) is 0.400. The first-order valence-corrected chi connectivity index (χ1v) is 4.64. The lowest BCUT2D eigenvalue weighted by Gasteiger charge is -2.06. The molecule has 0 aromatic heterocycles. The molecule has 90 valence electrons. The molecule has 0 amide bonds. The molecule has 6 heteroatoms. The van der Waals surface area contributed by atoms with Gasteiger partial charge >= 0.3 is 6.18 Å². The van der Waals surface area contributed by atoms with Gasteiger partial charge in [-0.05, 0) is 13.0 Å². The molecule has 16 heavy (non-hydrogen) atoms. The van der Waals surface area contributed by atoms with Crippen LogP contribution < -0.4 is 0 Å². The molecule has 0 atom stereocenters. The minimum Gasteiger partial charge on any atom is -0.258 e. The summed E-state index contributed by atoms with van der Waals surface area (Å²) in [5.74, 6) is 0. The molecule has 0 radical (unpaired) electrons. The molecule has 0 fully saturated rings. The molecule has 1 aromatic rings. The maximum Gasteiger partial charge on any atom is 0.416 e. The molecule has 0 aliphatic heterocycles. The van der Waals surface area contributed by atoms with Crippen molar-refractivity contribution < 1.29 is 18.1 Å².